The third-order valence-electron chi connectivity index (χ3n) is 5.54. The number of sulfonamides is 1. The Morgan fingerprint density at radius 3 is 2.48 bits per heavy atom. The van der Waals surface area contributed by atoms with E-state index in [9.17, 15) is 13.2 Å². The molecule has 156 valence electrons. The fourth-order valence-corrected chi connectivity index (χ4v) is 6.78. The van der Waals surface area contributed by atoms with Crippen molar-refractivity contribution in [3.63, 3.8) is 0 Å². The topological polar surface area (TPSA) is 73.8 Å². The Morgan fingerprint density at radius 1 is 1.03 bits per heavy atom. The molecule has 0 saturated carbocycles. The van der Waals surface area contributed by atoms with Gasteiger partial charge in [-0.3, -0.25) is 14.7 Å². The molecule has 0 unspecified atom stereocenters. The number of aromatic nitrogens is 1. The van der Waals surface area contributed by atoms with Gasteiger partial charge in [-0.1, -0.05) is 12.5 Å². The molecule has 2 fully saturated rings. The van der Waals surface area contributed by atoms with Gasteiger partial charge in [-0.25, -0.2) is 8.42 Å². The van der Waals surface area contributed by atoms with E-state index in [-0.39, 0.29) is 10.8 Å². The minimum Gasteiger partial charge on any atom is -0.335 e. The fourth-order valence-electron chi connectivity index (χ4n) is 3.90. The molecule has 0 aromatic carbocycles. The predicted octanol–water partition coefficient (Wildman–Crippen LogP) is 2.28. The molecule has 2 aliphatic rings. The quantitative estimate of drug-likeness (QED) is 0.722. The molecule has 2 aromatic heterocycles. The van der Waals surface area contributed by atoms with E-state index in [0.29, 0.717) is 31.1 Å². The monoisotopic (exact) mass is 434 g/mol. The van der Waals surface area contributed by atoms with E-state index in [1.54, 1.807) is 22.5 Å². The van der Waals surface area contributed by atoms with Gasteiger partial charge in [-0.2, -0.15) is 4.31 Å². The summed E-state index contributed by atoms with van der Waals surface area (Å²) in [6.07, 6.45) is 6.44. The minimum atomic E-state index is -3.61. The molecule has 29 heavy (non-hydrogen) atoms. The van der Waals surface area contributed by atoms with Crippen molar-refractivity contribution in [2.75, 3.05) is 39.3 Å². The molecule has 0 bridgehead atoms. The van der Waals surface area contributed by atoms with Crippen molar-refractivity contribution in [1.82, 2.24) is 19.1 Å². The number of nitrogens with zero attached hydrogens (tertiary/aromatic N) is 4. The van der Waals surface area contributed by atoms with Gasteiger partial charge in [0.2, 0.25) is 10.0 Å². The molecule has 0 aliphatic carbocycles. The Kier molecular flexibility index (Phi) is 6.29. The number of piperidine rings is 1. The Morgan fingerprint density at radius 2 is 1.79 bits per heavy atom. The molecule has 0 atom stereocenters. The first-order chi connectivity index (χ1) is 14.1. The summed E-state index contributed by atoms with van der Waals surface area (Å²) in [5.74, 6) is -0.170. The largest absolute Gasteiger partial charge is 0.335 e. The Hall–Kier alpha value is -1.81. The lowest BCUT2D eigenvalue weighted by Crippen LogP contribution is -2.48. The van der Waals surface area contributed by atoms with Gasteiger partial charge in [0, 0.05) is 58.2 Å². The maximum absolute atomic E-state index is 13.1. The van der Waals surface area contributed by atoms with Gasteiger partial charge in [0.1, 0.15) is 9.77 Å². The Balaban J connectivity index is 1.42. The molecular weight excluding hydrogens is 408 g/mol. The van der Waals surface area contributed by atoms with Gasteiger partial charge < -0.3 is 4.90 Å². The van der Waals surface area contributed by atoms with Crippen LogP contribution in [-0.2, 0) is 16.6 Å². The maximum Gasteiger partial charge on any atom is 0.265 e. The highest BCUT2D eigenvalue weighted by molar-refractivity contribution is 7.89. The van der Waals surface area contributed by atoms with Crippen molar-refractivity contribution >= 4 is 27.3 Å². The van der Waals surface area contributed by atoms with E-state index < -0.39 is 10.0 Å². The lowest BCUT2D eigenvalue weighted by molar-refractivity contribution is 0.0629. The van der Waals surface area contributed by atoms with E-state index in [2.05, 4.69) is 9.88 Å². The standard InChI is InChI=1S/C20H26N4O3S2/c25-20(23-12-10-22(11-13-23)16-17-5-4-7-21-15-17)19-18(6-14-28-19)29(26,27)24-8-2-1-3-9-24/h4-7,14-15H,1-3,8-13,16H2. The second kappa shape index (κ2) is 8.91. The Labute approximate surface area is 176 Å². The first kappa shape index (κ1) is 20.5. The zero-order valence-corrected chi connectivity index (χ0v) is 18.0. The van der Waals surface area contributed by atoms with Crippen LogP contribution in [0, 0.1) is 0 Å². The van der Waals surface area contributed by atoms with Crippen LogP contribution in [0.15, 0.2) is 40.9 Å². The van der Waals surface area contributed by atoms with Crippen LogP contribution in [0.3, 0.4) is 0 Å². The van der Waals surface area contributed by atoms with Crippen molar-refractivity contribution in [2.24, 2.45) is 0 Å². The lowest BCUT2D eigenvalue weighted by Gasteiger charge is -2.34. The smallest absolute Gasteiger partial charge is 0.265 e. The summed E-state index contributed by atoms with van der Waals surface area (Å²) in [5.41, 5.74) is 1.15. The van der Waals surface area contributed by atoms with E-state index >= 15 is 0 Å². The highest BCUT2D eigenvalue weighted by Crippen LogP contribution is 2.28. The van der Waals surface area contributed by atoms with Crippen LogP contribution >= 0.6 is 11.3 Å². The molecule has 1 amide bonds. The molecule has 2 aromatic rings. The number of pyridine rings is 1. The van der Waals surface area contributed by atoms with Gasteiger partial charge in [-0.05, 0) is 35.9 Å². The maximum atomic E-state index is 13.1. The number of carbonyl (C=O) groups is 1. The third-order valence-corrected chi connectivity index (χ3v) is 8.52. The van der Waals surface area contributed by atoms with Crippen LogP contribution in [0.2, 0.25) is 0 Å². The fraction of sp³-hybridized carbons (Fsp3) is 0.500. The molecule has 4 rings (SSSR count). The van der Waals surface area contributed by atoms with Crippen LogP contribution in [0.1, 0.15) is 34.5 Å². The van der Waals surface area contributed by atoms with Gasteiger partial charge in [0.15, 0.2) is 0 Å². The molecule has 4 heterocycles. The van der Waals surface area contributed by atoms with Gasteiger partial charge in [0.25, 0.3) is 5.91 Å². The van der Waals surface area contributed by atoms with Crippen molar-refractivity contribution in [2.45, 2.75) is 30.7 Å². The molecular formula is C20H26N4O3S2. The first-order valence-electron chi connectivity index (χ1n) is 10.0. The molecule has 7 nitrogen and oxygen atoms in total. The summed E-state index contributed by atoms with van der Waals surface area (Å²) in [5, 5.41) is 1.71. The first-order valence-corrected chi connectivity index (χ1v) is 12.4. The Bertz CT molecular complexity index is 932. The normalized spacial score (nSPS) is 19.4. The average Bonchev–Trinajstić information content (AvgIpc) is 3.26. The highest BCUT2D eigenvalue weighted by atomic mass is 32.2. The summed E-state index contributed by atoms with van der Waals surface area (Å²) in [6, 6.07) is 5.56. The summed E-state index contributed by atoms with van der Waals surface area (Å²) in [6.45, 7) is 4.61. The van der Waals surface area contributed by atoms with Crippen LogP contribution < -0.4 is 0 Å². The summed E-state index contributed by atoms with van der Waals surface area (Å²) < 4.78 is 27.6. The van der Waals surface area contributed by atoms with Crippen LogP contribution in [0.25, 0.3) is 0 Å². The number of piperazine rings is 1. The van der Waals surface area contributed by atoms with E-state index in [1.165, 1.54) is 15.6 Å². The van der Waals surface area contributed by atoms with Gasteiger partial charge >= 0.3 is 0 Å². The molecule has 0 spiro atoms. The van der Waals surface area contributed by atoms with Crippen LogP contribution in [0.4, 0.5) is 0 Å². The molecule has 0 N–H and O–H groups in total. The molecule has 9 heteroatoms. The predicted molar refractivity (Wildman–Crippen MR) is 112 cm³/mol. The highest BCUT2D eigenvalue weighted by Gasteiger charge is 2.33. The second-order valence-electron chi connectivity index (χ2n) is 7.51. The summed E-state index contributed by atoms with van der Waals surface area (Å²) in [4.78, 5) is 21.8. The van der Waals surface area contributed by atoms with E-state index in [4.69, 9.17) is 0 Å². The van der Waals surface area contributed by atoms with Crippen LogP contribution in [0.5, 0.6) is 0 Å². The number of rotatable bonds is 5. The average molecular weight is 435 g/mol. The third kappa shape index (κ3) is 4.53. The molecule has 2 saturated heterocycles. The SMILES string of the molecule is O=C(c1sccc1S(=O)(=O)N1CCCCC1)N1CCN(Cc2cccnc2)CC1. The van der Waals surface area contributed by atoms with Gasteiger partial charge in [0.05, 0.1) is 0 Å². The minimum absolute atomic E-state index is 0.170. The zero-order valence-electron chi connectivity index (χ0n) is 16.4. The number of amides is 1. The van der Waals surface area contributed by atoms with Crippen molar-refractivity contribution < 1.29 is 13.2 Å². The number of hydrogen-bond acceptors (Lipinski definition) is 6. The molecule has 0 radical (unpaired) electrons. The van der Waals surface area contributed by atoms with Crippen molar-refractivity contribution in [3.8, 4) is 0 Å². The summed E-state index contributed by atoms with van der Waals surface area (Å²) in [7, 11) is -3.61. The lowest BCUT2D eigenvalue weighted by atomic mass is 10.2. The van der Waals surface area contributed by atoms with Crippen molar-refractivity contribution in [3.05, 3.63) is 46.4 Å². The molecule has 2 aliphatic heterocycles. The number of carbonyl (C=O) groups excluding carboxylic acids is 1. The van der Waals surface area contributed by atoms with E-state index in [0.717, 1.165) is 44.5 Å². The van der Waals surface area contributed by atoms with Crippen LogP contribution in [-0.4, -0.2) is 72.7 Å². The second-order valence-corrected chi connectivity index (χ2v) is 10.3. The number of hydrogen-bond donors (Lipinski definition) is 0. The van der Waals surface area contributed by atoms with E-state index in [1.807, 2.05) is 18.3 Å². The van der Waals surface area contributed by atoms with Crippen molar-refractivity contribution in [1.29, 1.82) is 0 Å². The zero-order chi connectivity index (χ0) is 20.3. The number of thiophene rings is 1. The summed E-state index contributed by atoms with van der Waals surface area (Å²) >= 11 is 1.23. The van der Waals surface area contributed by atoms with Gasteiger partial charge in [-0.15, -0.1) is 11.3 Å².